The molecule has 3 fully saturated rings. The van der Waals surface area contributed by atoms with E-state index in [-0.39, 0.29) is 35.8 Å². The molecular weight excluding hydrogens is 322 g/mol. The predicted octanol–water partition coefficient (Wildman–Crippen LogP) is -0.197. The van der Waals surface area contributed by atoms with Gasteiger partial charge in [-0.1, -0.05) is 0 Å². The first kappa shape index (κ1) is 18.1. The third-order valence-corrected chi connectivity index (χ3v) is 5.79. The molecule has 0 aromatic carbocycles. The van der Waals surface area contributed by atoms with Gasteiger partial charge in [-0.3, -0.25) is 24.7 Å². The molecule has 0 aromatic rings. The van der Waals surface area contributed by atoms with Gasteiger partial charge in [0.25, 0.3) is 0 Å². The fourth-order valence-electron chi connectivity index (χ4n) is 4.13. The summed E-state index contributed by atoms with van der Waals surface area (Å²) < 4.78 is 0. The van der Waals surface area contributed by atoms with Gasteiger partial charge in [0, 0.05) is 39.3 Å². The smallest absolute Gasteiger partial charge is 0.327 e. The zero-order chi connectivity index (χ0) is 18.3. The molecule has 4 amide bonds. The van der Waals surface area contributed by atoms with E-state index in [4.69, 9.17) is 0 Å². The fraction of sp³-hybridized carbons (Fsp3) is 0.824. The minimum Gasteiger partial charge on any atom is -0.351 e. The van der Waals surface area contributed by atoms with E-state index in [1.807, 2.05) is 0 Å². The molecule has 0 aromatic heterocycles. The molecule has 3 rings (SSSR count). The highest BCUT2D eigenvalue weighted by atomic mass is 16.2. The van der Waals surface area contributed by atoms with Crippen molar-refractivity contribution in [2.24, 2.45) is 5.92 Å². The van der Waals surface area contributed by atoms with Gasteiger partial charge in [-0.05, 0) is 33.1 Å². The summed E-state index contributed by atoms with van der Waals surface area (Å²) in [6.45, 7) is 6.21. The summed E-state index contributed by atoms with van der Waals surface area (Å²) in [5, 5.41) is 6.36. The number of amides is 4. The quantitative estimate of drug-likeness (QED) is 0.736. The maximum absolute atomic E-state index is 12.6. The van der Waals surface area contributed by atoms with Crippen LogP contribution in [0.3, 0.4) is 0 Å². The average Bonchev–Trinajstić information content (AvgIpc) is 3.06. The van der Waals surface area contributed by atoms with Crippen molar-refractivity contribution in [3.8, 4) is 0 Å². The van der Waals surface area contributed by atoms with E-state index in [1.165, 1.54) is 16.8 Å². The first-order valence-corrected chi connectivity index (χ1v) is 9.14. The van der Waals surface area contributed by atoms with E-state index in [1.54, 1.807) is 7.05 Å². The van der Waals surface area contributed by atoms with E-state index in [0.717, 1.165) is 19.5 Å². The van der Waals surface area contributed by atoms with E-state index in [2.05, 4.69) is 29.4 Å². The Bertz CT molecular complexity index is 566. The van der Waals surface area contributed by atoms with Crippen LogP contribution in [0.4, 0.5) is 4.79 Å². The Balaban J connectivity index is 1.59. The molecule has 0 bridgehead atoms. The second-order valence-electron chi connectivity index (χ2n) is 7.72. The third-order valence-electron chi connectivity index (χ3n) is 5.79. The number of imide groups is 1. The van der Waals surface area contributed by atoms with Crippen LogP contribution in [-0.2, 0) is 9.59 Å². The lowest BCUT2D eigenvalue weighted by molar-refractivity contribution is -0.142. The molecular formula is C17H29N5O3. The Morgan fingerprint density at radius 1 is 1.20 bits per heavy atom. The number of nitrogens with one attached hydrogen (secondary N) is 2. The second-order valence-corrected chi connectivity index (χ2v) is 7.72. The van der Waals surface area contributed by atoms with Gasteiger partial charge in [-0.15, -0.1) is 0 Å². The molecule has 0 spiro atoms. The van der Waals surface area contributed by atoms with Gasteiger partial charge in [-0.25, -0.2) is 4.79 Å². The van der Waals surface area contributed by atoms with Crippen LogP contribution in [0.5, 0.6) is 0 Å². The van der Waals surface area contributed by atoms with Crippen LogP contribution in [0.2, 0.25) is 0 Å². The summed E-state index contributed by atoms with van der Waals surface area (Å²) in [5.74, 6) is -0.469. The van der Waals surface area contributed by atoms with Gasteiger partial charge in [0.1, 0.15) is 0 Å². The molecule has 0 saturated carbocycles. The van der Waals surface area contributed by atoms with E-state index < -0.39 is 6.17 Å². The van der Waals surface area contributed by atoms with E-state index in [9.17, 15) is 14.4 Å². The highest BCUT2D eigenvalue weighted by molar-refractivity contribution is 5.98. The molecule has 2 N–H and O–H groups in total. The molecule has 3 saturated heterocycles. The first-order valence-electron chi connectivity index (χ1n) is 9.14. The lowest BCUT2D eigenvalue weighted by atomic mass is 9.88. The summed E-state index contributed by atoms with van der Waals surface area (Å²) in [7, 11) is 3.18. The van der Waals surface area contributed by atoms with Crippen molar-refractivity contribution in [2.75, 3.05) is 27.2 Å². The number of carbonyl (C=O) groups is 3. The van der Waals surface area contributed by atoms with Crippen LogP contribution >= 0.6 is 0 Å². The van der Waals surface area contributed by atoms with Crippen LogP contribution in [0.25, 0.3) is 0 Å². The van der Waals surface area contributed by atoms with Crippen LogP contribution in [-0.4, -0.2) is 84.0 Å². The summed E-state index contributed by atoms with van der Waals surface area (Å²) in [6.07, 6.45) is 1.77. The maximum atomic E-state index is 12.6. The van der Waals surface area contributed by atoms with Crippen molar-refractivity contribution in [3.63, 3.8) is 0 Å². The number of fused-ring (bicyclic) bond motifs is 1. The second kappa shape index (κ2) is 6.92. The van der Waals surface area contributed by atoms with Crippen molar-refractivity contribution in [3.05, 3.63) is 0 Å². The van der Waals surface area contributed by atoms with E-state index in [0.29, 0.717) is 18.9 Å². The van der Waals surface area contributed by atoms with Crippen molar-refractivity contribution in [2.45, 2.75) is 57.4 Å². The summed E-state index contributed by atoms with van der Waals surface area (Å²) in [5.41, 5.74) is 0. The third kappa shape index (κ3) is 3.37. The molecule has 0 aliphatic carbocycles. The molecule has 3 aliphatic heterocycles. The zero-order valence-electron chi connectivity index (χ0n) is 15.5. The van der Waals surface area contributed by atoms with E-state index >= 15 is 0 Å². The monoisotopic (exact) mass is 351 g/mol. The Hall–Kier alpha value is -1.67. The van der Waals surface area contributed by atoms with Gasteiger partial charge in [0.15, 0.2) is 0 Å². The minimum absolute atomic E-state index is 0.0266. The number of urea groups is 1. The topological polar surface area (TPSA) is 85.0 Å². The Morgan fingerprint density at radius 3 is 2.56 bits per heavy atom. The predicted molar refractivity (Wildman–Crippen MR) is 92.6 cm³/mol. The number of likely N-dealkylation sites (tertiary alicyclic amines) is 1. The largest absolute Gasteiger partial charge is 0.351 e. The first-order chi connectivity index (χ1) is 11.8. The van der Waals surface area contributed by atoms with Gasteiger partial charge < -0.3 is 10.2 Å². The average molecular weight is 351 g/mol. The van der Waals surface area contributed by atoms with Crippen molar-refractivity contribution < 1.29 is 14.4 Å². The Morgan fingerprint density at radius 2 is 1.92 bits per heavy atom. The number of nitrogens with zero attached hydrogens (tertiary/aromatic N) is 3. The highest BCUT2D eigenvalue weighted by Gasteiger charge is 2.47. The molecule has 25 heavy (non-hydrogen) atoms. The van der Waals surface area contributed by atoms with Crippen LogP contribution in [0.15, 0.2) is 0 Å². The molecule has 8 heteroatoms. The Labute approximate surface area is 148 Å². The number of piperidine rings is 1. The number of hydrogen-bond donors (Lipinski definition) is 2. The normalized spacial score (nSPS) is 33.8. The highest BCUT2D eigenvalue weighted by Crippen LogP contribution is 2.28. The number of rotatable bonds is 3. The molecule has 3 heterocycles. The summed E-state index contributed by atoms with van der Waals surface area (Å²) >= 11 is 0. The molecule has 8 nitrogen and oxygen atoms in total. The van der Waals surface area contributed by atoms with Crippen LogP contribution in [0.1, 0.15) is 33.1 Å². The minimum atomic E-state index is -0.406. The van der Waals surface area contributed by atoms with Crippen molar-refractivity contribution >= 4 is 17.8 Å². The van der Waals surface area contributed by atoms with Crippen molar-refractivity contribution in [1.29, 1.82) is 0 Å². The number of hydrogen-bond acceptors (Lipinski definition) is 5. The van der Waals surface area contributed by atoms with Crippen molar-refractivity contribution in [1.82, 2.24) is 25.3 Å². The summed E-state index contributed by atoms with van der Waals surface area (Å²) in [4.78, 5) is 42.1. The molecule has 140 valence electrons. The van der Waals surface area contributed by atoms with Gasteiger partial charge in [0.2, 0.25) is 11.8 Å². The van der Waals surface area contributed by atoms with Gasteiger partial charge in [-0.2, -0.15) is 0 Å². The lowest BCUT2D eigenvalue weighted by Crippen LogP contribution is -2.68. The summed E-state index contributed by atoms with van der Waals surface area (Å²) in [6, 6.07) is -0.0303. The maximum Gasteiger partial charge on any atom is 0.327 e. The zero-order valence-corrected chi connectivity index (χ0v) is 15.5. The fourth-order valence-corrected chi connectivity index (χ4v) is 4.13. The Kier molecular flexibility index (Phi) is 5.02. The van der Waals surface area contributed by atoms with Crippen LogP contribution in [0, 0.1) is 5.92 Å². The molecule has 3 aliphatic rings. The molecule has 4 unspecified atom stereocenters. The van der Waals surface area contributed by atoms with Gasteiger partial charge in [0.05, 0.1) is 18.1 Å². The molecule has 4 atom stereocenters. The molecule has 0 radical (unpaired) electrons. The lowest BCUT2D eigenvalue weighted by Gasteiger charge is -2.46. The number of carbonyl (C=O) groups excluding carboxylic acids is 3. The van der Waals surface area contributed by atoms with Crippen LogP contribution < -0.4 is 10.6 Å². The van der Waals surface area contributed by atoms with Gasteiger partial charge >= 0.3 is 6.03 Å². The SMILES string of the molecule is CC(C)N1CCC(NC(=O)C2CCC3C(=O)N(C)C(=O)N(C)C3N2)C1. The standard InChI is InChI=1S/C17H29N5O3/c1-10(2)22-8-7-11(9-22)18-15(23)13-6-5-12-14(19-13)20(3)17(25)21(4)16(12)24/h10-14,19H,5-9H2,1-4H3,(H,18,23).